The number of ketones is 1. The van der Waals surface area contributed by atoms with Gasteiger partial charge in [-0.3, -0.25) is 9.59 Å². The molecule has 0 aromatic heterocycles. The van der Waals surface area contributed by atoms with Gasteiger partial charge in [0.25, 0.3) is 0 Å². The molecular formula is C20H22O7. The van der Waals surface area contributed by atoms with Crippen molar-refractivity contribution in [3.63, 3.8) is 0 Å². The largest absolute Gasteiger partial charge is 0.497 e. The van der Waals surface area contributed by atoms with Gasteiger partial charge in [0, 0.05) is 11.6 Å². The highest BCUT2D eigenvalue weighted by Crippen LogP contribution is 2.33. The quantitative estimate of drug-likeness (QED) is 0.399. The minimum Gasteiger partial charge on any atom is -0.497 e. The van der Waals surface area contributed by atoms with Crippen molar-refractivity contribution in [1.82, 2.24) is 0 Å². The van der Waals surface area contributed by atoms with E-state index in [4.69, 9.17) is 23.7 Å². The monoisotopic (exact) mass is 374 g/mol. The van der Waals surface area contributed by atoms with Gasteiger partial charge >= 0.3 is 5.97 Å². The molecule has 2 rings (SSSR count). The molecule has 0 heterocycles. The van der Waals surface area contributed by atoms with Crippen LogP contribution in [0.1, 0.15) is 21.8 Å². The Morgan fingerprint density at radius 3 is 1.81 bits per heavy atom. The number of hydrogen-bond donors (Lipinski definition) is 0. The van der Waals surface area contributed by atoms with Gasteiger partial charge in [-0.05, 0) is 29.8 Å². The summed E-state index contributed by atoms with van der Waals surface area (Å²) in [6, 6.07) is 9.56. The molecule has 0 N–H and O–H groups in total. The van der Waals surface area contributed by atoms with E-state index in [1.54, 1.807) is 36.4 Å². The minimum atomic E-state index is -1.17. The lowest BCUT2D eigenvalue weighted by atomic mass is 9.90. The van der Waals surface area contributed by atoms with Gasteiger partial charge in [-0.1, -0.05) is 6.07 Å². The number of esters is 1. The zero-order chi connectivity index (χ0) is 20.0. The first-order valence-corrected chi connectivity index (χ1v) is 8.06. The molecular weight excluding hydrogens is 352 g/mol. The lowest BCUT2D eigenvalue weighted by molar-refractivity contribution is -0.141. The third-order valence-electron chi connectivity index (χ3n) is 4.08. The lowest BCUT2D eigenvalue weighted by Gasteiger charge is -2.17. The molecule has 0 fully saturated rings. The fraction of sp³-hybridized carbons (Fsp3) is 0.300. The summed E-state index contributed by atoms with van der Waals surface area (Å²) in [6.45, 7) is 0. The summed E-state index contributed by atoms with van der Waals surface area (Å²) in [5, 5.41) is 0. The third-order valence-corrected chi connectivity index (χ3v) is 4.08. The molecule has 1 atom stereocenters. The second-order valence-corrected chi connectivity index (χ2v) is 5.54. The molecule has 0 aliphatic rings. The number of hydrogen-bond acceptors (Lipinski definition) is 7. The van der Waals surface area contributed by atoms with Crippen LogP contribution in [-0.2, 0) is 9.53 Å². The van der Waals surface area contributed by atoms with E-state index in [0.29, 0.717) is 28.6 Å². The second-order valence-electron chi connectivity index (χ2n) is 5.54. The first-order chi connectivity index (χ1) is 13.0. The summed E-state index contributed by atoms with van der Waals surface area (Å²) >= 11 is 0. The molecule has 0 amide bonds. The van der Waals surface area contributed by atoms with Crippen LogP contribution in [0.5, 0.6) is 23.0 Å². The lowest BCUT2D eigenvalue weighted by Crippen LogP contribution is -2.23. The highest BCUT2D eigenvalue weighted by Gasteiger charge is 2.32. The van der Waals surface area contributed by atoms with Gasteiger partial charge in [-0.2, -0.15) is 0 Å². The van der Waals surface area contributed by atoms with Crippen LogP contribution >= 0.6 is 0 Å². The van der Waals surface area contributed by atoms with Crippen LogP contribution in [0.2, 0.25) is 0 Å². The molecule has 27 heavy (non-hydrogen) atoms. The van der Waals surface area contributed by atoms with E-state index in [1.807, 2.05) is 0 Å². The Bertz CT molecular complexity index is 807. The first kappa shape index (κ1) is 20.1. The molecule has 0 aliphatic heterocycles. The van der Waals surface area contributed by atoms with Crippen molar-refractivity contribution in [3.05, 3.63) is 47.5 Å². The summed E-state index contributed by atoms with van der Waals surface area (Å²) in [6.07, 6.45) is 0. The molecule has 144 valence electrons. The Morgan fingerprint density at radius 1 is 0.741 bits per heavy atom. The van der Waals surface area contributed by atoms with Crippen molar-refractivity contribution < 1.29 is 33.3 Å². The van der Waals surface area contributed by atoms with Gasteiger partial charge in [-0.25, -0.2) is 0 Å². The van der Waals surface area contributed by atoms with Crippen molar-refractivity contribution >= 4 is 11.8 Å². The van der Waals surface area contributed by atoms with Crippen molar-refractivity contribution in [1.29, 1.82) is 0 Å². The van der Waals surface area contributed by atoms with Crippen molar-refractivity contribution in [3.8, 4) is 23.0 Å². The van der Waals surface area contributed by atoms with E-state index in [9.17, 15) is 9.59 Å². The predicted molar refractivity (Wildman–Crippen MR) is 98.2 cm³/mol. The standard InChI is InChI=1S/C20H22O7/c1-23-14-8-13(9-15(11-14)24-2)19(21)18(20(22)27-5)12-6-7-16(25-3)17(10-12)26-4/h6-11,18H,1-5H3. The summed E-state index contributed by atoms with van der Waals surface area (Å²) in [7, 11) is 7.17. The summed E-state index contributed by atoms with van der Waals surface area (Å²) in [5.74, 6) is -0.547. The maximum absolute atomic E-state index is 13.2. The van der Waals surface area contributed by atoms with Gasteiger partial charge in [0.1, 0.15) is 17.4 Å². The van der Waals surface area contributed by atoms with Crippen LogP contribution in [0.4, 0.5) is 0 Å². The van der Waals surface area contributed by atoms with E-state index in [-0.39, 0.29) is 5.56 Å². The van der Waals surface area contributed by atoms with Crippen LogP contribution in [0.3, 0.4) is 0 Å². The Kier molecular flexibility index (Phi) is 6.65. The van der Waals surface area contributed by atoms with Crippen LogP contribution in [0.25, 0.3) is 0 Å². The summed E-state index contributed by atoms with van der Waals surface area (Å²) in [5.41, 5.74) is 0.683. The molecule has 1 unspecified atom stereocenters. The number of Topliss-reactive ketones (excluding diaryl/α,β-unsaturated/α-hetero) is 1. The number of rotatable bonds is 8. The summed E-state index contributed by atoms with van der Waals surface area (Å²) in [4.78, 5) is 25.6. The molecule has 0 radical (unpaired) electrons. The van der Waals surface area contributed by atoms with Crippen LogP contribution in [-0.4, -0.2) is 47.3 Å². The zero-order valence-electron chi connectivity index (χ0n) is 15.9. The van der Waals surface area contributed by atoms with Crippen LogP contribution in [0.15, 0.2) is 36.4 Å². The molecule has 0 spiro atoms. The van der Waals surface area contributed by atoms with Crippen molar-refractivity contribution in [2.24, 2.45) is 0 Å². The van der Waals surface area contributed by atoms with Crippen LogP contribution in [0, 0.1) is 0 Å². The highest BCUT2D eigenvalue weighted by molar-refractivity contribution is 6.13. The maximum atomic E-state index is 13.2. The average molecular weight is 374 g/mol. The Morgan fingerprint density at radius 2 is 1.33 bits per heavy atom. The first-order valence-electron chi connectivity index (χ1n) is 8.06. The number of methoxy groups -OCH3 is 5. The molecule has 7 heteroatoms. The Balaban J connectivity index is 2.54. The number of carbonyl (C=O) groups is 2. The van der Waals surface area contributed by atoms with Gasteiger partial charge < -0.3 is 23.7 Å². The smallest absolute Gasteiger partial charge is 0.321 e. The average Bonchev–Trinajstić information content (AvgIpc) is 2.72. The minimum absolute atomic E-state index is 0.261. The van der Waals surface area contributed by atoms with E-state index in [1.165, 1.54) is 35.5 Å². The van der Waals surface area contributed by atoms with Crippen molar-refractivity contribution in [2.45, 2.75) is 5.92 Å². The predicted octanol–water partition coefficient (Wildman–Crippen LogP) is 2.86. The van der Waals surface area contributed by atoms with E-state index >= 15 is 0 Å². The van der Waals surface area contributed by atoms with E-state index < -0.39 is 17.7 Å². The maximum Gasteiger partial charge on any atom is 0.321 e. The van der Waals surface area contributed by atoms with Crippen LogP contribution < -0.4 is 18.9 Å². The van der Waals surface area contributed by atoms with E-state index in [2.05, 4.69) is 0 Å². The Hall–Kier alpha value is -3.22. The van der Waals surface area contributed by atoms with E-state index in [0.717, 1.165) is 0 Å². The van der Waals surface area contributed by atoms with Gasteiger partial charge in [0.15, 0.2) is 17.3 Å². The molecule has 7 nitrogen and oxygen atoms in total. The summed E-state index contributed by atoms with van der Waals surface area (Å²) < 4.78 is 25.7. The molecule has 0 saturated heterocycles. The fourth-order valence-electron chi connectivity index (χ4n) is 2.66. The molecule has 0 saturated carbocycles. The third kappa shape index (κ3) is 4.31. The SMILES string of the molecule is COC(=O)C(C(=O)c1cc(OC)cc(OC)c1)c1ccc(OC)c(OC)c1. The van der Waals surface area contributed by atoms with Gasteiger partial charge in [-0.15, -0.1) is 0 Å². The topological polar surface area (TPSA) is 80.3 Å². The number of benzene rings is 2. The van der Waals surface area contributed by atoms with Gasteiger partial charge in [0.2, 0.25) is 0 Å². The molecule has 2 aromatic rings. The number of carbonyl (C=O) groups excluding carboxylic acids is 2. The molecule has 0 aliphatic carbocycles. The fourth-order valence-corrected chi connectivity index (χ4v) is 2.66. The zero-order valence-corrected chi connectivity index (χ0v) is 15.9. The van der Waals surface area contributed by atoms with Crippen molar-refractivity contribution in [2.75, 3.05) is 35.5 Å². The highest BCUT2D eigenvalue weighted by atomic mass is 16.5. The number of ether oxygens (including phenoxy) is 5. The normalized spacial score (nSPS) is 11.3. The van der Waals surface area contributed by atoms with Gasteiger partial charge in [0.05, 0.1) is 35.5 Å². The molecule has 0 bridgehead atoms. The Labute approximate surface area is 157 Å². The molecule has 2 aromatic carbocycles. The second kappa shape index (κ2) is 8.93.